The van der Waals surface area contributed by atoms with Crippen molar-refractivity contribution in [2.45, 2.75) is 58.8 Å². The van der Waals surface area contributed by atoms with E-state index in [1.807, 2.05) is 0 Å². The van der Waals surface area contributed by atoms with Crippen molar-refractivity contribution in [3.63, 3.8) is 0 Å². The van der Waals surface area contributed by atoms with Crippen molar-refractivity contribution in [2.75, 3.05) is 26.2 Å². The maximum atomic E-state index is 12.1. The fourth-order valence-corrected chi connectivity index (χ4v) is 1.58. The van der Waals surface area contributed by atoms with Gasteiger partial charge in [0.1, 0.15) is 17.8 Å². The van der Waals surface area contributed by atoms with E-state index in [1.54, 1.807) is 41.5 Å². The van der Waals surface area contributed by atoms with Crippen LogP contribution in [-0.4, -0.2) is 71.0 Å². The van der Waals surface area contributed by atoms with Gasteiger partial charge >= 0.3 is 12.2 Å². The molecule has 0 aliphatic rings. The number of carbonyl (C=O) groups excluding carboxylic acids is 2. The number of rotatable bonds is 7. The van der Waals surface area contributed by atoms with Gasteiger partial charge in [0.25, 0.3) is 0 Å². The second-order valence-corrected chi connectivity index (χ2v) is 7.30. The van der Waals surface area contributed by atoms with Gasteiger partial charge < -0.3 is 24.8 Å². The summed E-state index contributed by atoms with van der Waals surface area (Å²) in [5.74, 6) is 0. The predicted molar refractivity (Wildman–Crippen MR) is 86.6 cm³/mol. The first-order valence-electron chi connectivity index (χ1n) is 7.73. The fraction of sp³-hybridized carbons (Fsp3) is 0.867. The van der Waals surface area contributed by atoms with E-state index < -0.39 is 29.5 Å². The number of aliphatic hydroxyl groups excluding tert-OH is 1. The number of aliphatic hydroxyl groups is 1. The monoisotopic (exact) mass is 543 g/mol. The molecule has 1 atom stereocenters. The van der Waals surface area contributed by atoms with E-state index in [-0.39, 0.29) is 46.3 Å². The molecule has 10 heteroatoms. The van der Waals surface area contributed by atoms with Gasteiger partial charge in [-0.3, -0.25) is 5.26 Å². The Kier molecular flexibility index (Phi) is 12.2. The number of alkyl carbamates (subject to hydrolysis) is 1. The van der Waals surface area contributed by atoms with Crippen molar-refractivity contribution in [2.24, 2.45) is 0 Å². The molecule has 3 N–H and O–H groups in total. The molecule has 0 aromatic carbocycles. The summed E-state index contributed by atoms with van der Waals surface area (Å²) in [4.78, 5) is 28.8. The summed E-state index contributed by atoms with van der Waals surface area (Å²) in [5.41, 5.74) is -1.32. The van der Waals surface area contributed by atoms with E-state index in [0.717, 1.165) is 0 Å². The first-order chi connectivity index (χ1) is 10.8. The van der Waals surface area contributed by atoms with Crippen LogP contribution in [0, 0.1) is 0 Å². The minimum atomic E-state index is -1.09. The Bertz CT molecular complexity index is 408. The van der Waals surface area contributed by atoms with Gasteiger partial charge in [0, 0.05) is 33.2 Å². The summed E-state index contributed by atoms with van der Waals surface area (Å²) in [6.07, 6.45) is -2.35. The van der Waals surface area contributed by atoms with Gasteiger partial charge in [-0.05, 0) is 41.5 Å². The van der Waals surface area contributed by atoms with Gasteiger partial charge in [0.05, 0.1) is 12.6 Å². The first-order valence-corrected chi connectivity index (χ1v) is 7.73. The van der Waals surface area contributed by atoms with Crippen LogP contribution in [0.3, 0.4) is 0 Å². The van der Waals surface area contributed by atoms with Crippen LogP contribution in [0.5, 0.6) is 0 Å². The van der Waals surface area contributed by atoms with E-state index in [1.165, 1.54) is 4.90 Å². The molecule has 0 fully saturated rings. The Morgan fingerprint density at radius 3 is 2.04 bits per heavy atom. The van der Waals surface area contributed by atoms with Gasteiger partial charge in [-0.2, -0.15) is 0 Å². The van der Waals surface area contributed by atoms with Crippen molar-refractivity contribution in [1.82, 2.24) is 10.2 Å². The number of nitrogens with zero attached hydrogens (tertiary/aromatic N) is 1. The molecule has 0 heterocycles. The summed E-state index contributed by atoms with van der Waals surface area (Å²) in [7, 11) is 0. The number of hydrogen-bond acceptors (Lipinski definition) is 7. The Morgan fingerprint density at radius 2 is 1.60 bits per heavy atom. The molecule has 1 unspecified atom stereocenters. The molecular formula is C15H30IrN2O7. The summed E-state index contributed by atoms with van der Waals surface area (Å²) >= 11 is 0. The summed E-state index contributed by atoms with van der Waals surface area (Å²) in [6.45, 7) is 10.1. The van der Waals surface area contributed by atoms with Crippen molar-refractivity contribution in [1.29, 1.82) is 0 Å². The van der Waals surface area contributed by atoms with E-state index in [0.29, 0.717) is 0 Å². The summed E-state index contributed by atoms with van der Waals surface area (Å²) in [6, 6.07) is 0. The second kappa shape index (κ2) is 11.6. The molecular weight excluding hydrogens is 512 g/mol. The summed E-state index contributed by atoms with van der Waals surface area (Å²) in [5, 5.41) is 20.6. The van der Waals surface area contributed by atoms with Crippen LogP contribution < -0.4 is 5.32 Å². The molecule has 0 spiro atoms. The molecule has 0 aromatic heterocycles. The van der Waals surface area contributed by atoms with Crippen LogP contribution in [0.15, 0.2) is 0 Å². The number of carbonyl (C=O) groups is 2. The van der Waals surface area contributed by atoms with Crippen molar-refractivity contribution >= 4 is 12.2 Å². The van der Waals surface area contributed by atoms with E-state index in [4.69, 9.17) is 14.7 Å². The Morgan fingerprint density at radius 1 is 1.08 bits per heavy atom. The number of nitrogens with one attached hydrogen (secondary N) is 1. The largest absolute Gasteiger partial charge is 0.444 e. The Hall–Kier alpha value is -0.931. The van der Waals surface area contributed by atoms with Gasteiger partial charge in [0.15, 0.2) is 0 Å². The molecule has 0 aliphatic heterocycles. The topological polar surface area (TPSA) is 118 Å². The zero-order valence-electron chi connectivity index (χ0n) is 15.6. The molecule has 1 radical (unpaired) electrons. The van der Waals surface area contributed by atoms with Crippen LogP contribution in [0.25, 0.3) is 0 Å². The van der Waals surface area contributed by atoms with Crippen LogP contribution in [0.4, 0.5) is 9.59 Å². The zero-order valence-corrected chi connectivity index (χ0v) is 18.0. The van der Waals surface area contributed by atoms with E-state index >= 15 is 0 Å². The first kappa shape index (κ1) is 26.3. The number of ether oxygens (including phenoxy) is 2. The average Bonchev–Trinajstić information content (AvgIpc) is 2.33. The van der Waals surface area contributed by atoms with Gasteiger partial charge in [0.2, 0.25) is 0 Å². The third kappa shape index (κ3) is 15.1. The van der Waals surface area contributed by atoms with Crippen molar-refractivity contribution < 1.29 is 54.4 Å². The van der Waals surface area contributed by atoms with E-state index in [9.17, 15) is 14.7 Å². The fourth-order valence-electron chi connectivity index (χ4n) is 1.58. The van der Waals surface area contributed by atoms with Gasteiger partial charge in [-0.15, -0.1) is 0 Å². The van der Waals surface area contributed by atoms with Crippen molar-refractivity contribution in [3.05, 3.63) is 0 Å². The number of hydrogen-bond donors (Lipinski definition) is 3. The third-order valence-corrected chi connectivity index (χ3v) is 2.40. The van der Waals surface area contributed by atoms with Gasteiger partial charge in [-0.25, -0.2) is 14.5 Å². The SMILES string of the molecule is CC(C)(C)OC(=O)NCCN(CC(O)COO)C(=O)OC(C)(C)C.[Ir]. The molecule has 0 saturated heterocycles. The molecule has 0 rings (SSSR count). The normalized spacial score (nSPS) is 12.6. The molecule has 0 aromatic rings. The van der Waals surface area contributed by atoms with Crippen molar-refractivity contribution in [3.8, 4) is 0 Å². The predicted octanol–water partition coefficient (Wildman–Crippen LogP) is 1.60. The van der Waals surface area contributed by atoms with Gasteiger partial charge in [-0.1, -0.05) is 0 Å². The van der Waals surface area contributed by atoms with Crippen LogP contribution in [0.2, 0.25) is 0 Å². The maximum absolute atomic E-state index is 12.1. The molecule has 0 saturated carbocycles. The standard InChI is InChI=1S/C15H30N2O7.Ir/c1-14(2,3)23-12(19)16-7-8-17(9-11(18)10-22-21)13(20)24-15(4,5)6;/h11,18,21H,7-10H2,1-6H3,(H,16,19);. The Labute approximate surface area is 162 Å². The maximum Gasteiger partial charge on any atom is 0.410 e. The van der Waals surface area contributed by atoms with Crippen LogP contribution in [-0.2, 0) is 34.5 Å². The molecule has 0 aliphatic carbocycles. The second-order valence-electron chi connectivity index (χ2n) is 7.30. The smallest absolute Gasteiger partial charge is 0.410 e. The van der Waals surface area contributed by atoms with Crippen LogP contribution >= 0.6 is 0 Å². The minimum Gasteiger partial charge on any atom is -0.444 e. The summed E-state index contributed by atoms with van der Waals surface area (Å²) < 4.78 is 10.3. The number of amides is 2. The third-order valence-electron chi connectivity index (χ3n) is 2.40. The molecule has 0 bridgehead atoms. The molecule has 151 valence electrons. The van der Waals surface area contributed by atoms with Crippen LogP contribution in [0.1, 0.15) is 41.5 Å². The van der Waals surface area contributed by atoms with E-state index in [2.05, 4.69) is 10.2 Å². The Balaban J connectivity index is 0. The molecule has 9 nitrogen and oxygen atoms in total. The molecule has 2 amide bonds. The minimum absolute atomic E-state index is 0. The quantitative estimate of drug-likeness (QED) is 0.330. The average molecular weight is 543 g/mol. The molecule has 25 heavy (non-hydrogen) atoms. The zero-order chi connectivity index (χ0) is 19.0.